The maximum absolute atomic E-state index is 11.6. The number of benzene rings is 1. The van der Waals surface area contributed by atoms with Crippen LogP contribution in [0.4, 0.5) is 5.69 Å². The Morgan fingerprint density at radius 2 is 2.05 bits per heavy atom. The van der Waals surface area contributed by atoms with Crippen LogP contribution in [-0.2, 0) is 17.3 Å². The molecule has 1 N–H and O–H groups in total. The Balaban J connectivity index is 1.99. The minimum Gasteiger partial charge on any atom is -0.369 e. The van der Waals surface area contributed by atoms with Crippen LogP contribution in [0, 0.1) is 0 Å². The molecule has 0 spiro atoms. The van der Waals surface area contributed by atoms with Gasteiger partial charge in [0.2, 0.25) is 0 Å². The number of para-hydroxylation sites is 1. The number of nitrogens with one attached hydrogen (secondary N) is 1. The van der Waals surface area contributed by atoms with E-state index in [1.54, 1.807) is 0 Å². The predicted molar refractivity (Wildman–Crippen MR) is 89.2 cm³/mol. The molecule has 0 amide bonds. The standard InChI is InChI=1S/C16H21N3OS/c1-2-17-12-13-11-16(19-7-9-21(20)10-8-19)14-5-3-4-6-15(14)18-13/h3-6,11,17H,2,7-10,12H2,1H3. The molecule has 0 bridgehead atoms. The van der Waals surface area contributed by atoms with Crippen molar-refractivity contribution in [1.29, 1.82) is 0 Å². The van der Waals surface area contributed by atoms with Gasteiger partial charge in [-0.3, -0.25) is 9.19 Å². The number of rotatable bonds is 4. The smallest absolute Gasteiger partial charge is 0.0726 e. The second-order valence-electron chi connectivity index (χ2n) is 5.27. The van der Waals surface area contributed by atoms with Crippen LogP contribution in [0.25, 0.3) is 10.9 Å². The molecule has 1 saturated heterocycles. The second kappa shape index (κ2) is 6.54. The van der Waals surface area contributed by atoms with Gasteiger partial charge in [0.1, 0.15) is 0 Å². The van der Waals surface area contributed by atoms with E-state index in [0.717, 1.165) is 48.9 Å². The molecule has 1 aromatic carbocycles. The molecule has 4 nitrogen and oxygen atoms in total. The van der Waals surface area contributed by atoms with E-state index >= 15 is 0 Å². The monoisotopic (exact) mass is 303 g/mol. The van der Waals surface area contributed by atoms with Crippen molar-refractivity contribution in [3.8, 4) is 0 Å². The molecular weight excluding hydrogens is 282 g/mol. The molecule has 0 aliphatic carbocycles. The maximum atomic E-state index is 11.6. The number of hydrogen-bond donors (Lipinski definition) is 1. The van der Waals surface area contributed by atoms with E-state index in [2.05, 4.69) is 41.4 Å². The molecule has 1 aliphatic heterocycles. The van der Waals surface area contributed by atoms with Gasteiger partial charge in [-0.25, -0.2) is 0 Å². The van der Waals surface area contributed by atoms with Gasteiger partial charge in [0.15, 0.2) is 0 Å². The van der Waals surface area contributed by atoms with Crippen LogP contribution in [0.3, 0.4) is 0 Å². The Labute approximate surface area is 128 Å². The van der Waals surface area contributed by atoms with Crippen molar-refractivity contribution in [1.82, 2.24) is 10.3 Å². The fourth-order valence-corrected chi connectivity index (χ4v) is 3.75. The Morgan fingerprint density at radius 3 is 2.81 bits per heavy atom. The number of nitrogens with zero attached hydrogens (tertiary/aromatic N) is 2. The Morgan fingerprint density at radius 1 is 1.29 bits per heavy atom. The van der Waals surface area contributed by atoms with Crippen molar-refractivity contribution in [2.24, 2.45) is 0 Å². The number of aromatic nitrogens is 1. The van der Waals surface area contributed by atoms with Crippen molar-refractivity contribution in [2.45, 2.75) is 13.5 Å². The molecule has 0 saturated carbocycles. The first-order valence-electron chi connectivity index (χ1n) is 7.47. The molecular formula is C16H21N3OS. The maximum Gasteiger partial charge on any atom is 0.0726 e. The van der Waals surface area contributed by atoms with Gasteiger partial charge in [-0.15, -0.1) is 0 Å². The van der Waals surface area contributed by atoms with Crippen molar-refractivity contribution >= 4 is 27.4 Å². The Hall–Kier alpha value is -1.46. The average molecular weight is 303 g/mol. The molecule has 5 heteroatoms. The summed E-state index contributed by atoms with van der Waals surface area (Å²) in [5.74, 6) is 1.53. The highest BCUT2D eigenvalue weighted by molar-refractivity contribution is 7.85. The highest BCUT2D eigenvalue weighted by Crippen LogP contribution is 2.27. The molecule has 3 rings (SSSR count). The summed E-state index contributed by atoms with van der Waals surface area (Å²) in [4.78, 5) is 7.08. The SMILES string of the molecule is CCNCc1cc(N2CCS(=O)CC2)c2ccccc2n1. The quantitative estimate of drug-likeness (QED) is 0.937. The first kappa shape index (κ1) is 14.5. The zero-order valence-corrected chi connectivity index (χ0v) is 13.2. The molecule has 2 heterocycles. The van der Waals surface area contributed by atoms with E-state index in [1.165, 1.54) is 11.1 Å². The molecule has 1 aromatic heterocycles. The van der Waals surface area contributed by atoms with Crippen molar-refractivity contribution in [3.05, 3.63) is 36.0 Å². The average Bonchev–Trinajstić information content (AvgIpc) is 2.53. The van der Waals surface area contributed by atoms with Gasteiger partial charge in [0.05, 0.1) is 11.2 Å². The summed E-state index contributed by atoms with van der Waals surface area (Å²) < 4.78 is 11.6. The van der Waals surface area contributed by atoms with E-state index in [4.69, 9.17) is 4.98 Å². The summed E-state index contributed by atoms with van der Waals surface area (Å²) in [5.41, 5.74) is 3.33. The van der Waals surface area contributed by atoms with Crippen LogP contribution in [0.1, 0.15) is 12.6 Å². The lowest BCUT2D eigenvalue weighted by atomic mass is 10.1. The normalized spacial score (nSPS) is 16.5. The third-order valence-electron chi connectivity index (χ3n) is 3.82. The number of pyridine rings is 1. The number of hydrogen-bond acceptors (Lipinski definition) is 4. The van der Waals surface area contributed by atoms with Crippen molar-refractivity contribution < 1.29 is 4.21 Å². The third-order valence-corrected chi connectivity index (χ3v) is 5.10. The van der Waals surface area contributed by atoms with Crippen LogP contribution >= 0.6 is 0 Å². The van der Waals surface area contributed by atoms with E-state index in [-0.39, 0.29) is 0 Å². The van der Waals surface area contributed by atoms with E-state index in [1.807, 2.05) is 6.07 Å². The van der Waals surface area contributed by atoms with Crippen LogP contribution in [0.2, 0.25) is 0 Å². The van der Waals surface area contributed by atoms with Crippen LogP contribution in [0.15, 0.2) is 30.3 Å². The first-order valence-corrected chi connectivity index (χ1v) is 8.96. The summed E-state index contributed by atoms with van der Waals surface area (Å²) in [6.07, 6.45) is 0. The van der Waals surface area contributed by atoms with Crippen molar-refractivity contribution in [2.75, 3.05) is 36.0 Å². The van der Waals surface area contributed by atoms with Crippen LogP contribution < -0.4 is 10.2 Å². The van der Waals surface area contributed by atoms with Crippen LogP contribution in [-0.4, -0.2) is 40.3 Å². The highest BCUT2D eigenvalue weighted by atomic mass is 32.2. The van der Waals surface area contributed by atoms with Gasteiger partial charge < -0.3 is 10.2 Å². The van der Waals surface area contributed by atoms with Crippen molar-refractivity contribution in [3.63, 3.8) is 0 Å². The lowest BCUT2D eigenvalue weighted by molar-refractivity contribution is 0.673. The minimum atomic E-state index is -0.648. The first-order chi connectivity index (χ1) is 10.3. The molecule has 112 valence electrons. The molecule has 21 heavy (non-hydrogen) atoms. The summed E-state index contributed by atoms with van der Waals surface area (Å²) in [5, 5.41) is 4.52. The molecule has 0 atom stereocenters. The van der Waals surface area contributed by atoms with Gasteiger partial charge in [-0.2, -0.15) is 0 Å². The summed E-state index contributed by atoms with van der Waals surface area (Å²) in [7, 11) is -0.648. The Bertz CT molecular complexity index is 649. The largest absolute Gasteiger partial charge is 0.369 e. The van der Waals surface area contributed by atoms with Gasteiger partial charge in [0, 0.05) is 53.0 Å². The predicted octanol–water partition coefficient (Wildman–Crippen LogP) is 1.91. The van der Waals surface area contributed by atoms with E-state index < -0.39 is 10.8 Å². The number of fused-ring (bicyclic) bond motifs is 1. The second-order valence-corrected chi connectivity index (χ2v) is 6.96. The van der Waals surface area contributed by atoms with Gasteiger partial charge in [-0.1, -0.05) is 25.1 Å². The molecule has 1 aliphatic rings. The third kappa shape index (κ3) is 3.24. The summed E-state index contributed by atoms with van der Waals surface area (Å²) in [6.45, 7) is 5.55. The van der Waals surface area contributed by atoms with E-state index in [9.17, 15) is 4.21 Å². The fraction of sp³-hybridized carbons (Fsp3) is 0.438. The Kier molecular flexibility index (Phi) is 4.51. The topological polar surface area (TPSA) is 45.2 Å². The van der Waals surface area contributed by atoms with Crippen LogP contribution in [0.5, 0.6) is 0 Å². The summed E-state index contributed by atoms with van der Waals surface area (Å²) >= 11 is 0. The van der Waals surface area contributed by atoms with E-state index in [0.29, 0.717) is 0 Å². The highest BCUT2D eigenvalue weighted by Gasteiger charge is 2.18. The lowest BCUT2D eigenvalue weighted by Gasteiger charge is -2.29. The molecule has 2 aromatic rings. The zero-order valence-electron chi connectivity index (χ0n) is 12.3. The molecule has 0 unspecified atom stereocenters. The lowest BCUT2D eigenvalue weighted by Crippen LogP contribution is -2.38. The minimum absolute atomic E-state index is 0.648. The zero-order chi connectivity index (χ0) is 14.7. The fourth-order valence-electron chi connectivity index (χ4n) is 2.69. The van der Waals surface area contributed by atoms with Gasteiger partial charge in [-0.05, 0) is 18.7 Å². The van der Waals surface area contributed by atoms with Gasteiger partial charge >= 0.3 is 0 Å². The van der Waals surface area contributed by atoms with Gasteiger partial charge in [0.25, 0.3) is 0 Å². The molecule has 1 fully saturated rings. The molecule has 0 radical (unpaired) electrons. The number of anilines is 1. The summed E-state index contributed by atoms with van der Waals surface area (Å²) in [6, 6.07) is 10.5.